The lowest BCUT2D eigenvalue weighted by Crippen LogP contribution is -2.30. The quantitative estimate of drug-likeness (QED) is 0.0261. The van der Waals surface area contributed by atoms with Gasteiger partial charge in [0.25, 0.3) is 0 Å². The number of hydrogen-bond donors (Lipinski definition) is 0. The third-order valence-electron chi connectivity index (χ3n) is 14.3. The van der Waals surface area contributed by atoms with E-state index in [1.54, 1.807) is 0 Å². The molecule has 1 atom stereocenters. The summed E-state index contributed by atoms with van der Waals surface area (Å²) < 4.78 is 16.9. The molecule has 0 fully saturated rings. The standard InChI is InChI=1S/C73H124O6/c1-4-7-10-13-16-19-22-25-27-29-31-33-35-36-37-38-39-41-42-44-46-48-51-54-57-60-63-66-72(75)78-69-70(68-77-71(74)65-62-59-56-53-50-24-21-18-15-12-9-6-3)79-73(76)67-64-61-58-55-52-49-47-45-43-40-34-32-30-28-26-23-20-17-14-11-8-5-2/h7,10,16,18-19,21,25,27,31,33,36-37,39,41,44,46,51,54,70H,4-6,8-9,11-15,17,20,22-24,26,28-30,32,34-35,38,40,42-43,45,47-50,52-53,55-69H2,1-3H3/b10-7-,19-16-,21-18-,27-25-,33-31-,37-36-,41-39-,46-44-,54-51-. The fraction of sp³-hybridized carbons (Fsp3) is 0.712. The van der Waals surface area contributed by atoms with Gasteiger partial charge in [-0.2, -0.15) is 0 Å². The third kappa shape index (κ3) is 64.8. The fourth-order valence-corrected chi connectivity index (χ4v) is 9.28. The topological polar surface area (TPSA) is 78.9 Å². The van der Waals surface area contributed by atoms with Gasteiger partial charge < -0.3 is 14.2 Å². The molecule has 6 heteroatoms. The molecule has 0 aliphatic heterocycles. The zero-order valence-electron chi connectivity index (χ0n) is 51.9. The van der Waals surface area contributed by atoms with E-state index in [9.17, 15) is 14.4 Å². The van der Waals surface area contributed by atoms with Crippen molar-refractivity contribution in [1.29, 1.82) is 0 Å². The Morgan fingerprint density at radius 3 is 0.835 bits per heavy atom. The molecular formula is C73H124O6. The van der Waals surface area contributed by atoms with Crippen molar-refractivity contribution in [3.05, 3.63) is 109 Å². The van der Waals surface area contributed by atoms with Crippen LogP contribution in [0.15, 0.2) is 109 Å². The molecule has 0 aliphatic rings. The van der Waals surface area contributed by atoms with Crippen molar-refractivity contribution in [2.45, 2.75) is 322 Å². The summed E-state index contributed by atoms with van der Waals surface area (Å²) in [5.74, 6) is -0.938. The maximum atomic E-state index is 12.9. The summed E-state index contributed by atoms with van der Waals surface area (Å²) >= 11 is 0. The van der Waals surface area contributed by atoms with E-state index in [4.69, 9.17) is 14.2 Å². The molecule has 452 valence electrons. The normalized spacial score (nSPS) is 12.8. The molecular weight excluding hydrogens is 973 g/mol. The maximum Gasteiger partial charge on any atom is 0.306 e. The van der Waals surface area contributed by atoms with Gasteiger partial charge in [0.15, 0.2) is 6.10 Å². The Bertz CT molecular complexity index is 1590. The third-order valence-corrected chi connectivity index (χ3v) is 14.3. The van der Waals surface area contributed by atoms with Gasteiger partial charge in [-0.1, -0.05) is 297 Å². The van der Waals surface area contributed by atoms with E-state index in [1.807, 2.05) is 0 Å². The molecule has 79 heavy (non-hydrogen) atoms. The van der Waals surface area contributed by atoms with Crippen LogP contribution in [0.2, 0.25) is 0 Å². The summed E-state index contributed by atoms with van der Waals surface area (Å²) in [6, 6.07) is 0. The molecule has 0 N–H and O–H groups in total. The highest BCUT2D eigenvalue weighted by Crippen LogP contribution is 2.17. The second-order valence-corrected chi connectivity index (χ2v) is 22.0. The van der Waals surface area contributed by atoms with Crippen molar-refractivity contribution in [3.63, 3.8) is 0 Å². The zero-order chi connectivity index (χ0) is 57.1. The molecule has 0 aromatic heterocycles. The number of hydrogen-bond acceptors (Lipinski definition) is 6. The Labute approximate surface area is 489 Å². The molecule has 0 spiro atoms. The largest absolute Gasteiger partial charge is 0.462 e. The van der Waals surface area contributed by atoms with Gasteiger partial charge in [-0.05, 0) is 109 Å². The number of esters is 3. The lowest BCUT2D eigenvalue weighted by atomic mass is 10.0. The Balaban J connectivity index is 4.38. The number of rotatable bonds is 60. The first-order valence-electron chi connectivity index (χ1n) is 33.4. The minimum absolute atomic E-state index is 0.0948. The van der Waals surface area contributed by atoms with Gasteiger partial charge in [0.1, 0.15) is 13.2 Å². The highest BCUT2D eigenvalue weighted by atomic mass is 16.6. The number of carbonyl (C=O) groups excluding carboxylic acids is 3. The number of carbonyl (C=O) groups is 3. The molecule has 0 saturated heterocycles. The van der Waals surface area contributed by atoms with Crippen LogP contribution in [0.4, 0.5) is 0 Å². The first-order valence-corrected chi connectivity index (χ1v) is 33.4. The summed E-state index contributed by atoms with van der Waals surface area (Å²) in [4.78, 5) is 38.3. The summed E-state index contributed by atoms with van der Waals surface area (Å²) in [7, 11) is 0. The van der Waals surface area contributed by atoms with E-state index in [1.165, 1.54) is 161 Å². The molecule has 0 aromatic rings. The van der Waals surface area contributed by atoms with Crippen LogP contribution < -0.4 is 0 Å². The average molecular weight is 1100 g/mol. The van der Waals surface area contributed by atoms with E-state index < -0.39 is 6.10 Å². The van der Waals surface area contributed by atoms with Crippen LogP contribution in [-0.4, -0.2) is 37.2 Å². The van der Waals surface area contributed by atoms with Crippen LogP contribution in [-0.2, 0) is 28.6 Å². The Kier molecular flexibility index (Phi) is 63.3. The van der Waals surface area contributed by atoms with Gasteiger partial charge in [0.05, 0.1) is 0 Å². The van der Waals surface area contributed by atoms with Crippen molar-refractivity contribution < 1.29 is 28.6 Å². The van der Waals surface area contributed by atoms with Gasteiger partial charge >= 0.3 is 17.9 Å². The molecule has 0 aliphatic carbocycles. The molecule has 6 nitrogen and oxygen atoms in total. The Morgan fingerprint density at radius 1 is 0.266 bits per heavy atom. The predicted molar refractivity (Wildman–Crippen MR) is 343 cm³/mol. The molecule has 0 bridgehead atoms. The second-order valence-electron chi connectivity index (χ2n) is 22.0. The Hall–Kier alpha value is -3.93. The Morgan fingerprint density at radius 2 is 0.494 bits per heavy atom. The lowest BCUT2D eigenvalue weighted by Gasteiger charge is -2.18. The summed E-state index contributed by atoms with van der Waals surface area (Å²) in [6.45, 7) is 6.49. The van der Waals surface area contributed by atoms with Gasteiger partial charge in [-0.3, -0.25) is 14.4 Å². The summed E-state index contributed by atoms with van der Waals surface area (Å²) in [5.41, 5.74) is 0. The smallest absolute Gasteiger partial charge is 0.306 e. The van der Waals surface area contributed by atoms with Crippen molar-refractivity contribution in [2.75, 3.05) is 13.2 Å². The van der Waals surface area contributed by atoms with Gasteiger partial charge in [0.2, 0.25) is 0 Å². The molecule has 0 amide bonds. The number of unbranched alkanes of at least 4 members (excludes halogenated alkanes) is 31. The SMILES string of the molecule is CC/C=C\C/C=C\C/C=C\C/C=C\C/C=C\C/C=C\C/C=C\C/C=C\CCCCC(=O)OCC(COC(=O)CCCCCCC/C=C\CCCCC)OC(=O)CCCCCCCCCCCCCCCCCCCCCCCC. The minimum Gasteiger partial charge on any atom is -0.462 e. The molecule has 0 aromatic carbocycles. The van der Waals surface area contributed by atoms with E-state index in [2.05, 4.69) is 130 Å². The monoisotopic (exact) mass is 1100 g/mol. The van der Waals surface area contributed by atoms with E-state index in [0.29, 0.717) is 19.3 Å². The molecule has 0 rings (SSSR count). The predicted octanol–water partition coefficient (Wildman–Crippen LogP) is 23.0. The molecule has 0 saturated carbocycles. The minimum atomic E-state index is -0.800. The van der Waals surface area contributed by atoms with Crippen molar-refractivity contribution >= 4 is 17.9 Å². The second kappa shape index (κ2) is 66.6. The fourth-order valence-electron chi connectivity index (χ4n) is 9.28. The highest BCUT2D eigenvalue weighted by molar-refractivity contribution is 5.71. The maximum absolute atomic E-state index is 12.9. The van der Waals surface area contributed by atoms with Gasteiger partial charge in [0, 0.05) is 19.3 Å². The van der Waals surface area contributed by atoms with E-state index >= 15 is 0 Å². The molecule has 0 radical (unpaired) electrons. The van der Waals surface area contributed by atoms with Crippen LogP contribution in [0.1, 0.15) is 316 Å². The van der Waals surface area contributed by atoms with Crippen LogP contribution in [0, 0.1) is 0 Å². The molecule has 1 unspecified atom stereocenters. The lowest BCUT2D eigenvalue weighted by molar-refractivity contribution is -0.167. The first kappa shape index (κ1) is 75.1. The van der Waals surface area contributed by atoms with Crippen LogP contribution in [0.25, 0.3) is 0 Å². The number of ether oxygens (including phenoxy) is 3. The van der Waals surface area contributed by atoms with Gasteiger partial charge in [-0.25, -0.2) is 0 Å². The number of allylic oxidation sites excluding steroid dienone is 18. The van der Waals surface area contributed by atoms with Gasteiger partial charge in [-0.15, -0.1) is 0 Å². The highest BCUT2D eigenvalue weighted by Gasteiger charge is 2.19. The van der Waals surface area contributed by atoms with E-state index in [-0.39, 0.29) is 31.1 Å². The van der Waals surface area contributed by atoms with Crippen molar-refractivity contribution in [2.24, 2.45) is 0 Å². The van der Waals surface area contributed by atoms with Crippen molar-refractivity contribution in [1.82, 2.24) is 0 Å². The van der Waals surface area contributed by atoms with E-state index in [0.717, 1.165) is 116 Å². The van der Waals surface area contributed by atoms with Crippen LogP contribution in [0.3, 0.4) is 0 Å². The van der Waals surface area contributed by atoms with Crippen LogP contribution in [0.5, 0.6) is 0 Å². The zero-order valence-corrected chi connectivity index (χ0v) is 51.9. The first-order chi connectivity index (χ1) is 39.0. The molecule has 0 heterocycles. The van der Waals surface area contributed by atoms with Crippen LogP contribution >= 0.6 is 0 Å². The van der Waals surface area contributed by atoms with Crippen molar-refractivity contribution in [3.8, 4) is 0 Å². The average Bonchev–Trinajstić information content (AvgIpc) is 3.45. The summed E-state index contributed by atoms with van der Waals surface area (Å²) in [5, 5.41) is 0. The summed E-state index contributed by atoms with van der Waals surface area (Å²) in [6.07, 6.45) is 91.1.